The Morgan fingerprint density at radius 1 is 1.41 bits per heavy atom. The molecule has 0 aliphatic rings. The van der Waals surface area contributed by atoms with Crippen molar-refractivity contribution in [2.45, 2.75) is 10.9 Å². The smallest absolute Gasteiger partial charge is 0.240 e. The van der Waals surface area contributed by atoms with Gasteiger partial charge >= 0.3 is 0 Å². The van der Waals surface area contributed by atoms with Crippen molar-refractivity contribution in [3.8, 4) is 0 Å². The third-order valence-corrected chi connectivity index (χ3v) is 4.29. The van der Waals surface area contributed by atoms with Crippen molar-refractivity contribution in [1.82, 2.24) is 4.72 Å². The van der Waals surface area contributed by atoms with E-state index < -0.39 is 16.1 Å². The lowest BCUT2D eigenvalue weighted by Crippen LogP contribution is -2.40. The predicted molar refractivity (Wildman–Crippen MR) is 72.2 cm³/mol. The highest BCUT2D eigenvalue weighted by atomic mass is 127. The molecular weight excluding hydrogens is 357 g/mol. The van der Waals surface area contributed by atoms with E-state index in [4.69, 9.17) is 9.84 Å². The van der Waals surface area contributed by atoms with Crippen LogP contribution in [-0.4, -0.2) is 39.9 Å². The van der Waals surface area contributed by atoms with Crippen LogP contribution in [-0.2, 0) is 14.8 Å². The molecule has 0 amide bonds. The summed E-state index contributed by atoms with van der Waals surface area (Å²) in [5.41, 5.74) is 0. The number of aliphatic hydroxyl groups is 1. The van der Waals surface area contributed by atoms with E-state index in [1.165, 1.54) is 19.2 Å². The van der Waals surface area contributed by atoms with Crippen molar-refractivity contribution in [3.63, 3.8) is 0 Å². The minimum absolute atomic E-state index is 0.125. The van der Waals surface area contributed by atoms with E-state index in [1.54, 1.807) is 12.1 Å². The van der Waals surface area contributed by atoms with Crippen LogP contribution in [0.15, 0.2) is 29.2 Å². The minimum atomic E-state index is -3.60. The topological polar surface area (TPSA) is 75.6 Å². The van der Waals surface area contributed by atoms with Crippen molar-refractivity contribution < 1.29 is 18.3 Å². The number of aliphatic hydroxyl groups excluding tert-OH is 1. The summed E-state index contributed by atoms with van der Waals surface area (Å²) in [6.07, 6.45) is 0. The highest BCUT2D eigenvalue weighted by molar-refractivity contribution is 14.1. The fourth-order valence-electron chi connectivity index (χ4n) is 1.23. The normalized spacial score (nSPS) is 13.6. The molecule has 17 heavy (non-hydrogen) atoms. The highest BCUT2D eigenvalue weighted by Gasteiger charge is 2.19. The first-order valence-corrected chi connectivity index (χ1v) is 7.43. The first-order valence-electron chi connectivity index (χ1n) is 4.87. The molecule has 0 fully saturated rings. The van der Waals surface area contributed by atoms with Gasteiger partial charge in [0.2, 0.25) is 10.0 Å². The van der Waals surface area contributed by atoms with E-state index in [9.17, 15) is 8.42 Å². The molecule has 0 saturated carbocycles. The van der Waals surface area contributed by atoms with Crippen LogP contribution < -0.4 is 4.72 Å². The van der Waals surface area contributed by atoms with Gasteiger partial charge in [-0.1, -0.05) is 0 Å². The average molecular weight is 371 g/mol. The number of ether oxygens (including phenoxy) is 1. The molecule has 1 aromatic rings. The number of rotatable bonds is 6. The van der Waals surface area contributed by atoms with Gasteiger partial charge in [-0.3, -0.25) is 0 Å². The van der Waals surface area contributed by atoms with Gasteiger partial charge in [-0.05, 0) is 46.9 Å². The third-order valence-electron chi connectivity index (χ3n) is 2.03. The molecule has 1 aromatic carbocycles. The van der Waals surface area contributed by atoms with Gasteiger partial charge in [0.1, 0.15) is 0 Å². The van der Waals surface area contributed by atoms with Crippen LogP contribution in [0.2, 0.25) is 0 Å². The molecule has 96 valence electrons. The molecule has 7 heteroatoms. The monoisotopic (exact) mass is 371 g/mol. The van der Waals surface area contributed by atoms with Crippen LogP contribution in [0, 0.1) is 3.57 Å². The summed E-state index contributed by atoms with van der Waals surface area (Å²) in [7, 11) is -2.16. The maximum Gasteiger partial charge on any atom is 0.240 e. The fraction of sp³-hybridized carbons (Fsp3) is 0.400. The number of nitrogens with one attached hydrogen (secondary N) is 1. The summed E-state index contributed by atoms with van der Waals surface area (Å²) in [5, 5.41) is 9.00. The van der Waals surface area contributed by atoms with Crippen molar-refractivity contribution in [2.24, 2.45) is 0 Å². The lowest BCUT2D eigenvalue weighted by molar-refractivity contribution is 0.139. The molecule has 5 nitrogen and oxygen atoms in total. The molecule has 1 unspecified atom stereocenters. The van der Waals surface area contributed by atoms with Crippen LogP contribution in [0.3, 0.4) is 0 Å². The molecule has 1 rings (SSSR count). The Balaban J connectivity index is 2.84. The number of sulfonamides is 1. The Bertz CT molecular complexity index is 446. The Morgan fingerprint density at radius 3 is 2.47 bits per heavy atom. The Labute approximate surface area is 114 Å². The summed E-state index contributed by atoms with van der Waals surface area (Å²) >= 11 is 2.10. The first kappa shape index (κ1) is 14.8. The highest BCUT2D eigenvalue weighted by Crippen LogP contribution is 2.12. The second-order valence-electron chi connectivity index (χ2n) is 3.41. The molecule has 0 aromatic heterocycles. The van der Waals surface area contributed by atoms with Crippen LogP contribution in [0.4, 0.5) is 0 Å². The van der Waals surface area contributed by atoms with Crippen LogP contribution in [0.1, 0.15) is 0 Å². The molecule has 2 N–H and O–H groups in total. The van der Waals surface area contributed by atoms with Crippen molar-refractivity contribution in [1.29, 1.82) is 0 Å². The largest absolute Gasteiger partial charge is 0.395 e. The summed E-state index contributed by atoms with van der Waals surface area (Å²) in [6, 6.07) is 5.82. The zero-order valence-corrected chi connectivity index (χ0v) is 12.2. The van der Waals surface area contributed by atoms with Crippen molar-refractivity contribution >= 4 is 32.6 Å². The predicted octanol–water partition coefficient (Wildman–Crippen LogP) is 0.577. The van der Waals surface area contributed by atoms with Gasteiger partial charge in [0.05, 0.1) is 24.2 Å². The van der Waals surface area contributed by atoms with Crippen LogP contribution >= 0.6 is 22.6 Å². The first-order chi connectivity index (χ1) is 7.99. The van der Waals surface area contributed by atoms with Gasteiger partial charge in [0.15, 0.2) is 0 Å². The van der Waals surface area contributed by atoms with Crippen LogP contribution in [0.5, 0.6) is 0 Å². The summed E-state index contributed by atoms with van der Waals surface area (Å²) < 4.78 is 32.0. The van der Waals surface area contributed by atoms with Crippen LogP contribution in [0.25, 0.3) is 0 Å². The molecule has 0 aliphatic heterocycles. The molecular formula is C10H14INO4S. The zero-order chi connectivity index (χ0) is 12.9. The summed E-state index contributed by atoms with van der Waals surface area (Å²) in [5.74, 6) is 0. The molecule has 0 bridgehead atoms. The third kappa shape index (κ3) is 4.51. The van der Waals surface area contributed by atoms with E-state index in [0.717, 1.165) is 3.57 Å². The van der Waals surface area contributed by atoms with Gasteiger partial charge in [-0.25, -0.2) is 13.1 Å². The SMILES string of the molecule is COCC(CO)NS(=O)(=O)c1ccc(I)cc1. The van der Waals surface area contributed by atoms with Gasteiger partial charge in [-0.15, -0.1) is 0 Å². The quantitative estimate of drug-likeness (QED) is 0.718. The number of benzene rings is 1. The van der Waals surface area contributed by atoms with Gasteiger partial charge in [0, 0.05) is 10.7 Å². The fourth-order valence-corrected chi connectivity index (χ4v) is 2.80. The number of halogens is 1. The Hall–Kier alpha value is -0.220. The maximum atomic E-state index is 11.9. The maximum absolute atomic E-state index is 11.9. The zero-order valence-electron chi connectivity index (χ0n) is 9.26. The molecule has 0 saturated heterocycles. The molecule has 0 heterocycles. The lowest BCUT2D eigenvalue weighted by Gasteiger charge is -2.15. The average Bonchev–Trinajstić information content (AvgIpc) is 2.28. The second-order valence-corrected chi connectivity index (χ2v) is 6.37. The molecule has 0 aliphatic carbocycles. The Kier molecular flexibility index (Phi) is 5.80. The van der Waals surface area contributed by atoms with E-state index >= 15 is 0 Å². The van der Waals surface area contributed by atoms with Gasteiger partial charge < -0.3 is 9.84 Å². The lowest BCUT2D eigenvalue weighted by atomic mass is 10.4. The van der Waals surface area contributed by atoms with Gasteiger partial charge in [0.25, 0.3) is 0 Å². The number of hydrogen-bond acceptors (Lipinski definition) is 4. The van der Waals surface area contributed by atoms with E-state index in [0.29, 0.717) is 0 Å². The summed E-state index contributed by atoms with van der Waals surface area (Å²) in [4.78, 5) is 0.174. The second kappa shape index (κ2) is 6.64. The van der Waals surface area contributed by atoms with E-state index in [2.05, 4.69) is 27.3 Å². The Morgan fingerprint density at radius 2 is 2.00 bits per heavy atom. The number of methoxy groups -OCH3 is 1. The van der Waals surface area contributed by atoms with E-state index in [1.807, 2.05) is 0 Å². The van der Waals surface area contributed by atoms with Gasteiger partial charge in [-0.2, -0.15) is 0 Å². The standard InChI is InChI=1S/C10H14INO4S/c1-16-7-9(6-13)12-17(14,15)10-4-2-8(11)3-5-10/h2-5,9,12-13H,6-7H2,1H3. The van der Waals surface area contributed by atoms with E-state index in [-0.39, 0.29) is 18.1 Å². The van der Waals surface area contributed by atoms with Crippen molar-refractivity contribution in [3.05, 3.63) is 27.8 Å². The molecule has 0 spiro atoms. The number of hydrogen-bond donors (Lipinski definition) is 2. The minimum Gasteiger partial charge on any atom is -0.395 e. The molecule has 1 atom stereocenters. The summed E-state index contributed by atoms with van der Waals surface area (Å²) in [6.45, 7) is -0.183. The van der Waals surface area contributed by atoms with Crippen molar-refractivity contribution in [2.75, 3.05) is 20.3 Å². The molecule has 0 radical (unpaired) electrons.